The molecular formula is C15H22ClNO2. The van der Waals surface area contributed by atoms with Crippen molar-refractivity contribution < 1.29 is 9.47 Å². The Morgan fingerprint density at radius 3 is 2.63 bits per heavy atom. The Hall–Kier alpha value is -0.930. The van der Waals surface area contributed by atoms with Gasteiger partial charge in [0.15, 0.2) is 11.5 Å². The molecule has 0 N–H and O–H groups in total. The molecular weight excluding hydrogens is 262 g/mol. The summed E-state index contributed by atoms with van der Waals surface area (Å²) in [4.78, 5) is 2.40. The average Bonchev–Trinajstić information content (AvgIpc) is 2.43. The number of ether oxygens (including phenoxy) is 2. The van der Waals surface area contributed by atoms with Gasteiger partial charge in [0.25, 0.3) is 0 Å². The van der Waals surface area contributed by atoms with Crippen LogP contribution in [0.15, 0.2) is 18.2 Å². The van der Waals surface area contributed by atoms with Crippen LogP contribution < -0.4 is 9.47 Å². The van der Waals surface area contributed by atoms with Gasteiger partial charge in [-0.2, -0.15) is 0 Å². The van der Waals surface area contributed by atoms with Gasteiger partial charge in [0.05, 0.1) is 14.2 Å². The zero-order valence-corrected chi connectivity index (χ0v) is 12.6. The molecule has 0 amide bonds. The first-order valence-electron chi connectivity index (χ1n) is 6.71. The third-order valence-corrected chi connectivity index (χ3v) is 4.37. The molecule has 1 aliphatic rings. The van der Waals surface area contributed by atoms with Crippen molar-refractivity contribution in [3.05, 3.63) is 23.8 Å². The summed E-state index contributed by atoms with van der Waals surface area (Å²) in [5.41, 5.74) is 1.23. The van der Waals surface area contributed by atoms with Crippen molar-refractivity contribution in [2.24, 2.45) is 5.92 Å². The maximum absolute atomic E-state index is 6.35. The van der Waals surface area contributed by atoms with E-state index in [9.17, 15) is 0 Å². The molecule has 0 spiro atoms. The van der Waals surface area contributed by atoms with Crippen LogP contribution in [0.3, 0.4) is 0 Å². The first-order chi connectivity index (χ1) is 9.13. The number of rotatable bonds is 4. The second-order valence-electron chi connectivity index (χ2n) is 5.21. The molecule has 19 heavy (non-hydrogen) atoms. The summed E-state index contributed by atoms with van der Waals surface area (Å²) in [7, 11) is 3.32. The van der Waals surface area contributed by atoms with Gasteiger partial charge in [-0.25, -0.2) is 0 Å². The van der Waals surface area contributed by atoms with Crippen LogP contribution in [0.2, 0.25) is 0 Å². The monoisotopic (exact) mass is 283 g/mol. The SMILES string of the molecule is COc1ccc(CN2CCC(C)C(Cl)C2)cc1OC. The Morgan fingerprint density at radius 1 is 1.26 bits per heavy atom. The molecule has 0 radical (unpaired) electrons. The first kappa shape index (κ1) is 14.5. The van der Waals surface area contributed by atoms with Crippen LogP contribution in [0.25, 0.3) is 0 Å². The largest absolute Gasteiger partial charge is 0.493 e. The van der Waals surface area contributed by atoms with Gasteiger partial charge in [-0.05, 0) is 36.6 Å². The molecule has 3 nitrogen and oxygen atoms in total. The number of benzene rings is 1. The number of piperidine rings is 1. The van der Waals surface area contributed by atoms with E-state index in [2.05, 4.69) is 17.9 Å². The molecule has 1 aromatic rings. The Kier molecular flexibility index (Phi) is 4.94. The molecule has 0 saturated carbocycles. The summed E-state index contributed by atoms with van der Waals surface area (Å²) < 4.78 is 10.6. The number of likely N-dealkylation sites (tertiary alicyclic amines) is 1. The molecule has 1 aliphatic heterocycles. The number of nitrogens with zero attached hydrogens (tertiary/aromatic N) is 1. The van der Waals surface area contributed by atoms with E-state index >= 15 is 0 Å². The van der Waals surface area contributed by atoms with Crippen molar-refractivity contribution in [3.8, 4) is 11.5 Å². The van der Waals surface area contributed by atoms with Crippen LogP contribution in [0.1, 0.15) is 18.9 Å². The minimum Gasteiger partial charge on any atom is -0.493 e. The van der Waals surface area contributed by atoms with Crippen LogP contribution in [-0.2, 0) is 6.54 Å². The molecule has 2 unspecified atom stereocenters. The van der Waals surface area contributed by atoms with Gasteiger partial charge in [-0.15, -0.1) is 11.6 Å². The zero-order valence-electron chi connectivity index (χ0n) is 11.9. The molecule has 106 valence electrons. The number of halogens is 1. The van der Waals surface area contributed by atoms with Crippen molar-refractivity contribution in [3.63, 3.8) is 0 Å². The number of alkyl halides is 1. The van der Waals surface area contributed by atoms with Crippen molar-refractivity contribution in [1.29, 1.82) is 0 Å². The van der Waals surface area contributed by atoms with E-state index in [4.69, 9.17) is 21.1 Å². The fraction of sp³-hybridized carbons (Fsp3) is 0.600. The summed E-state index contributed by atoms with van der Waals surface area (Å²) in [5, 5.41) is 0.258. The van der Waals surface area contributed by atoms with Gasteiger partial charge in [0.2, 0.25) is 0 Å². The second kappa shape index (κ2) is 6.49. The van der Waals surface area contributed by atoms with Crippen LogP contribution in [-0.4, -0.2) is 37.6 Å². The van der Waals surface area contributed by atoms with Gasteiger partial charge < -0.3 is 9.47 Å². The van der Waals surface area contributed by atoms with Gasteiger partial charge in [-0.1, -0.05) is 13.0 Å². The van der Waals surface area contributed by atoms with Crippen LogP contribution in [0.5, 0.6) is 11.5 Å². The van der Waals surface area contributed by atoms with Crippen molar-refractivity contribution in [1.82, 2.24) is 4.90 Å². The Bertz CT molecular complexity index is 425. The molecule has 0 aromatic heterocycles. The van der Waals surface area contributed by atoms with Gasteiger partial charge in [0.1, 0.15) is 0 Å². The molecule has 1 aromatic carbocycles. The van der Waals surface area contributed by atoms with E-state index in [1.165, 1.54) is 12.0 Å². The molecule has 2 atom stereocenters. The fourth-order valence-electron chi connectivity index (χ4n) is 2.47. The van der Waals surface area contributed by atoms with E-state index in [0.29, 0.717) is 5.92 Å². The molecule has 4 heteroatoms. The van der Waals surface area contributed by atoms with Crippen LogP contribution >= 0.6 is 11.6 Å². The molecule has 1 fully saturated rings. The van der Waals surface area contributed by atoms with Crippen LogP contribution in [0.4, 0.5) is 0 Å². The summed E-state index contributed by atoms with van der Waals surface area (Å²) in [6.07, 6.45) is 1.17. The Balaban J connectivity index is 2.03. The molecule has 1 heterocycles. The van der Waals surface area contributed by atoms with Gasteiger partial charge in [0, 0.05) is 18.5 Å². The van der Waals surface area contributed by atoms with Crippen molar-refractivity contribution >= 4 is 11.6 Å². The maximum atomic E-state index is 6.35. The maximum Gasteiger partial charge on any atom is 0.161 e. The average molecular weight is 284 g/mol. The minimum absolute atomic E-state index is 0.258. The quantitative estimate of drug-likeness (QED) is 0.793. The van der Waals surface area contributed by atoms with E-state index < -0.39 is 0 Å². The van der Waals surface area contributed by atoms with Gasteiger partial charge in [-0.3, -0.25) is 4.90 Å². The number of methoxy groups -OCH3 is 2. The van der Waals surface area contributed by atoms with Crippen molar-refractivity contribution in [2.45, 2.75) is 25.3 Å². The summed E-state index contributed by atoms with van der Waals surface area (Å²) in [6, 6.07) is 6.08. The lowest BCUT2D eigenvalue weighted by Gasteiger charge is -2.34. The normalized spacial score (nSPS) is 24.2. The zero-order chi connectivity index (χ0) is 13.8. The molecule has 1 saturated heterocycles. The van der Waals surface area contributed by atoms with Crippen LogP contribution in [0, 0.1) is 5.92 Å². The predicted molar refractivity (Wildman–Crippen MR) is 78.2 cm³/mol. The predicted octanol–water partition coefficient (Wildman–Crippen LogP) is 3.15. The number of hydrogen-bond acceptors (Lipinski definition) is 3. The van der Waals surface area contributed by atoms with E-state index in [1.54, 1.807) is 14.2 Å². The lowest BCUT2D eigenvalue weighted by molar-refractivity contribution is 0.189. The smallest absolute Gasteiger partial charge is 0.161 e. The first-order valence-corrected chi connectivity index (χ1v) is 7.15. The number of hydrogen-bond donors (Lipinski definition) is 0. The summed E-state index contributed by atoms with van der Waals surface area (Å²) >= 11 is 6.35. The standard InChI is InChI=1S/C15H22ClNO2/c1-11-6-7-17(10-13(11)16)9-12-4-5-14(18-2)15(8-12)19-3/h4-5,8,11,13H,6-7,9-10H2,1-3H3. The Morgan fingerprint density at radius 2 is 2.00 bits per heavy atom. The van der Waals surface area contributed by atoms with Crippen molar-refractivity contribution in [2.75, 3.05) is 27.3 Å². The minimum atomic E-state index is 0.258. The lowest BCUT2D eigenvalue weighted by Crippen LogP contribution is -2.39. The van der Waals surface area contributed by atoms with E-state index in [1.807, 2.05) is 12.1 Å². The lowest BCUT2D eigenvalue weighted by atomic mass is 9.98. The Labute approximate surface area is 120 Å². The molecule has 0 aliphatic carbocycles. The third-order valence-electron chi connectivity index (χ3n) is 3.80. The highest BCUT2D eigenvalue weighted by atomic mass is 35.5. The topological polar surface area (TPSA) is 21.7 Å². The van der Waals surface area contributed by atoms with E-state index in [-0.39, 0.29) is 5.38 Å². The molecule has 0 bridgehead atoms. The highest BCUT2D eigenvalue weighted by Gasteiger charge is 2.24. The third kappa shape index (κ3) is 3.54. The van der Waals surface area contributed by atoms with Gasteiger partial charge >= 0.3 is 0 Å². The highest BCUT2D eigenvalue weighted by Crippen LogP contribution is 2.29. The fourth-order valence-corrected chi connectivity index (χ4v) is 2.79. The summed E-state index contributed by atoms with van der Waals surface area (Å²) in [6.45, 7) is 5.21. The second-order valence-corrected chi connectivity index (χ2v) is 5.77. The molecule has 2 rings (SSSR count). The van der Waals surface area contributed by atoms with E-state index in [0.717, 1.165) is 31.1 Å². The highest BCUT2D eigenvalue weighted by molar-refractivity contribution is 6.21. The summed E-state index contributed by atoms with van der Waals surface area (Å²) in [5.74, 6) is 2.17.